The lowest BCUT2D eigenvalue weighted by atomic mass is 9.64. The largest absolute Gasteiger partial charge is 0.508 e. The molecule has 5 heteroatoms. The molecule has 2 aliphatic rings. The van der Waals surface area contributed by atoms with Gasteiger partial charge in [0, 0.05) is 25.6 Å². The fourth-order valence-corrected chi connectivity index (χ4v) is 5.21. The Morgan fingerprint density at radius 2 is 1.88 bits per heavy atom. The molecule has 1 unspecified atom stereocenters. The maximum atomic E-state index is 10.1. The summed E-state index contributed by atoms with van der Waals surface area (Å²) >= 11 is 1.92. The Morgan fingerprint density at radius 3 is 2.54 bits per heavy atom. The van der Waals surface area contributed by atoms with Crippen LogP contribution in [0.5, 0.6) is 5.75 Å². The third-order valence-corrected chi connectivity index (χ3v) is 7.18. The van der Waals surface area contributed by atoms with E-state index in [1.54, 1.807) is 6.07 Å². The lowest BCUT2D eigenvalue weighted by Gasteiger charge is -2.51. The number of rotatable bonds is 7. The second kappa shape index (κ2) is 9.45. The fraction of sp³-hybridized carbons (Fsp3) is 0.714. The molecule has 2 fully saturated rings. The van der Waals surface area contributed by atoms with Crippen LogP contribution >= 0.6 is 11.8 Å². The van der Waals surface area contributed by atoms with Crippen molar-refractivity contribution >= 4 is 11.8 Å². The standard InChI is InChI=1S/C21H34N2O2S/c1-26-13-3-9-22-10-6-21(19(16-22)17-24)7-11-23(12-8-21)15-18-4-2-5-20(25)14-18/h2,4-5,14,19,24-25H,3,6-13,15-17H2,1H3. The topological polar surface area (TPSA) is 46.9 Å². The summed E-state index contributed by atoms with van der Waals surface area (Å²) in [5.41, 5.74) is 1.52. The lowest BCUT2D eigenvalue weighted by molar-refractivity contribution is -0.0427. The van der Waals surface area contributed by atoms with Crippen molar-refractivity contribution in [3.63, 3.8) is 0 Å². The van der Waals surface area contributed by atoms with Gasteiger partial charge in [0.25, 0.3) is 0 Å². The number of aromatic hydroxyl groups is 1. The summed E-state index contributed by atoms with van der Waals surface area (Å²) < 4.78 is 0. The normalized spacial score (nSPS) is 24.2. The number of aliphatic hydroxyl groups excluding tert-OH is 1. The van der Waals surface area contributed by atoms with Crippen molar-refractivity contribution in [1.29, 1.82) is 0 Å². The van der Waals surface area contributed by atoms with Gasteiger partial charge in [0.05, 0.1) is 0 Å². The number of benzene rings is 1. The number of phenolic OH excluding ortho intramolecular Hbond substituents is 1. The first-order chi connectivity index (χ1) is 12.6. The summed E-state index contributed by atoms with van der Waals surface area (Å²) in [7, 11) is 0. The first kappa shape index (κ1) is 20.0. The first-order valence-electron chi connectivity index (χ1n) is 9.97. The summed E-state index contributed by atoms with van der Waals surface area (Å²) in [5.74, 6) is 2.01. The van der Waals surface area contributed by atoms with Gasteiger partial charge in [-0.15, -0.1) is 0 Å². The van der Waals surface area contributed by atoms with Crippen LogP contribution in [-0.4, -0.2) is 71.4 Å². The van der Waals surface area contributed by atoms with Gasteiger partial charge in [0.1, 0.15) is 5.75 Å². The summed E-state index contributed by atoms with van der Waals surface area (Å²) in [4.78, 5) is 5.07. The van der Waals surface area contributed by atoms with Crippen LogP contribution in [0, 0.1) is 11.3 Å². The summed E-state index contributed by atoms with van der Waals surface area (Å²) in [5, 5.41) is 19.7. The molecule has 2 N–H and O–H groups in total. The molecule has 2 saturated heterocycles. The van der Waals surface area contributed by atoms with E-state index in [1.807, 2.05) is 23.9 Å². The van der Waals surface area contributed by atoms with Crippen LogP contribution in [0.15, 0.2) is 24.3 Å². The van der Waals surface area contributed by atoms with E-state index in [4.69, 9.17) is 0 Å². The van der Waals surface area contributed by atoms with E-state index in [1.165, 1.54) is 50.1 Å². The van der Waals surface area contributed by atoms with Gasteiger partial charge >= 0.3 is 0 Å². The average Bonchev–Trinajstić information content (AvgIpc) is 2.65. The van der Waals surface area contributed by atoms with Crippen molar-refractivity contribution in [2.24, 2.45) is 11.3 Å². The highest BCUT2D eigenvalue weighted by atomic mass is 32.2. The minimum absolute atomic E-state index is 0.325. The van der Waals surface area contributed by atoms with Crippen LogP contribution in [0.4, 0.5) is 0 Å². The Labute approximate surface area is 162 Å². The fourth-order valence-electron chi connectivity index (χ4n) is 4.80. The number of aliphatic hydroxyl groups is 1. The zero-order chi connectivity index (χ0) is 18.4. The minimum atomic E-state index is 0.325. The van der Waals surface area contributed by atoms with Crippen LogP contribution in [0.3, 0.4) is 0 Å². The van der Waals surface area contributed by atoms with Gasteiger partial charge in [-0.25, -0.2) is 0 Å². The zero-order valence-corrected chi connectivity index (χ0v) is 16.9. The second-order valence-electron chi connectivity index (χ2n) is 8.08. The molecule has 0 aromatic heterocycles. The molecule has 0 bridgehead atoms. The number of piperidine rings is 2. The quantitative estimate of drug-likeness (QED) is 0.714. The third kappa shape index (κ3) is 4.94. The number of hydrogen-bond donors (Lipinski definition) is 2. The van der Waals surface area contributed by atoms with Gasteiger partial charge in [0.2, 0.25) is 0 Å². The number of phenols is 1. The highest BCUT2D eigenvalue weighted by molar-refractivity contribution is 7.98. The van der Waals surface area contributed by atoms with Crippen LogP contribution in [-0.2, 0) is 6.54 Å². The number of hydrogen-bond acceptors (Lipinski definition) is 5. The second-order valence-corrected chi connectivity index (χ2v) is 9.07. The molecule has 2 aliphatic heterocycles. The van der Waals surface area contributed by atoms with Gasteiger partial charge in [0.15, 0.2) is 0 Å². The first-order valence-corrected chi connectivity index (χ1v) is 11.4. The molecule has 3 rings (SSSR count). The highest BCUT2D eigenvalue weighted by Crippen LogP contribution is 2.45. The number of likely N-dealkylation sites (tertiary alicyclic amines) is 2. The van der Waals surface area contributed by atoms with Gasteiger partial charge in [-0.3, -0.25) is 4.90 Å². The van der Waals surface area contributed by atoms with E-state index in [9.17, 15) is 10.2 Å². The van der Waals surface area contributed by atoms with Crippen molar-refractivity contribution in [3.8, 4) is 5.75 Å². The monoisotopic (exact) mass is 378 g/mol. The molecule has 2 heterocycles. The van der Waals surface area contributed by atoms with Gasteiger partial charge < -0.3 is 15.1 Å². The summed E-state index contributed by atoms with van der Waals surface area (Å²) in [6.07, 6.45) is 7.04. The van der Waals surface area contributed by atoms with E-state index in [0.29, 0.717) is 23.7 Å². The van der Waals surface area contributed by atoms with Crippen LogP contribution in [0.2, 0.25) is 0 Å². The molecule has 4 nitrogen and oxygen atoms in total. The predicted octanol–water partition coefficient (Wildman–Crippen LogP) is 3.04. The van der Waals surface area contributed by atoms with E-state index in [2.05, 4.69) is 22.1 Å². The van der Waals surface area contributed by atoms with Crippen molar-refractivity contribution in [2.45, 2.75) is 32.2 Å². The Kier molecular flexibility index (Phi) is 7.27. The smallest absolute Gasteiger partial charge is 0.115 e. The van der Waals surface area contributed by atoms with E-state index >= 15 is 0 Å². The third-order valence-electron chi connectivity index (χ3n) is 6.48. The van der Waals surface area contributed by atoms with Gasteiger partial charge in [-0.2, -0.15) is 11.8 Å². The highest BCUT2D eigenvalue weighted by Gasteiger charge is 2.44. The minimum Gasteiger partial charge on any atom is -0.508 e. The molecule has 1 atom stereocenters. The average molecular weight is 379 g/mol. The Bertz CT molecular complexity index is 561. The molecular weight excluding hydrogens is 344 g/mol. The van der Waals surface area contributed by atoms with Crippen LogP contribution < -0.4 is 0 Å². The Balaban J connectivity index is 1.52. The maximum Gasteiger partial charge on any atom is 0.115 e. The summed E-state index contributed by atoms with van der Waals surface area (Å²) in [6.45, 7) is 6.86. The number of thioether (sulfide) groups is 1. The van der Waals surface area contributed by atoms with E-state index < -0.39 is 0 Å². The van der Waals surface area contributed by atoms with Crippen molar-refractivity contribution in [3.05, 3.63) is 29.8 Å². The predicted molar refractivity (Wildman–Crippen MR) is 110 cm³/mol. The molecule has 0 saturated carbocycles. The zero-order valence-electron chi connectivity index (χ0n) is 16.1. The van der Waals surface area contributed by atoms with E-state index in [0.717, 1.165) is 26.2 Å². The Hall–Kier alpha value is -0.750. The van der Waals surface area contributed by atoms with Gasteiger partial charge in [-0.05, 0) is 87.0 Å². The molecule has 0 radical (unpaired) electrons. The molecule has 146 valence electrons. The van der Waals surface area contributed by atoms with Crippen molar-refractivity contribution in [2.75, 3.05) is 51.3 Å². The van der Waals surface area contributed by atoms with Crippen LogP contribution in [0.1, 0.15) is 31.2 Å². The summed E-state index contributed by atoms with van der Waals surface area (Å²) in [6, 6.07) is 7.61. The molecule has 26 heavy (non-hydrogen) atoms. The Morgan fingerprint density at radius 1 is 1.15 bits per heavy atom. The lowest BCUT2D eigenvalue weighted by Crippen LogP contribution is -2.53. The molecule has 1 aromatic rings. The molecule has 1 spiro atoms. The molecule has 0 aliphatic carbocycles. The van der Waals surface area contributed by atoms with Crippen LogP contribution in [0.25, 0.3) is 0 Å². The maximum absolute atomic E-state index is 10.1. The molecular formula is C21H34N2O2S. The van der Waals surface area contributed by atoms with E-state index in [-0.39, 0.29) is 0 Å². The van der Waals surface area contributed by atoms with Gasteiger partial charge in [-0.1, -0.05) is 12.1 Å². The van der Waals surface area contributed by atoms with Crippen molar-refractivity contribution in [1.82, 2.24) is 9.80 Å². The SMILES string of the molecule is CSCCCN1CCC2(CCN(Cc3cccc(O)c3)CC2)C(CO)C1. The number of nitrogens with zero attached hydrogens (tertiary/aromatic N) is 2. The molecule has 0 amide bonds. The van der Waals surface area contributed by atoms with Crippen molar-refractivity contribution < 1.29 is 10.2 Å². The molecule has 1 aromatic carbocycles.